The summed E-state index contributed by atoms with van der Waals surface area (Å²) in [6.45, 7) is 4.61. The summed E-state index contributed by atoms with van der Waals surface area (Å²) in [5.41, 5.74) is 14.8. The van der Waals surface area contributed by atoms with Crippen molar-refractivity contribution in [2.24, 2.45) is 0 Å². The molecule has 9 aromatic rings. The maximum atomic E-state index is 5.26. The van der Waals surface area contributed by atoms with Gasteiger partial charge in [-0.2, -0.15) is 0 Å². The van der Waals surface area contributed by atoms with Gasteiger partial charge in [0.1, 0.15) is 0 Å². The molecule has 2 aromatic heterocycles. The van der Waals surface area contributed by atoms with Crippen LogP contribution in [0.5, 0.6) is 0 Å². The average molecular weight is 732 g/mol. The van der Waals surface area contributed by atoms with Crippen molar-refractivity contribution in [2.45, 2.75) is 19.3 Å². The van der Waals surface area contributed by atoms with Crippen molar-refractivity contribution in [3.8, 4) is 90.3 Å². The van der Waals surface area contributed by atoms with Crippen LogP contribution in [0.3, 0.4) is 0 Å². The molecule has 0 amide bonds. The Kier molecular flexibility index (Phi) is 8.41. The van der Waals surface area contributed by atoms with E-state index in [-0.39, 0.29) is 5.41 Å². The molecule has 7 aromatic carbocycles. The number of aromatic nitrogens is 5. The molecule has 5 nitrogen and oxygen atoms in total. The molecule has 0 bridgehead atoms. The SMILES string of the molecule is CC1(C)c2ccccc2-c2cc(-c3nc(-c4ccccc4)cc(-c4cccc(-c5cccc(-c6nc(-c7ccccc7)nc(-c7ccccc7)n6)c5)c4)n3)ccc21. The fraction of sp³-hybridized carbons (Fsp3) is 0.0577. The molecule has 0 spiro atoms. The standard InChI is InChI=1S/C52H37N5/c1-52(2)44-27-13-12-26-42(44)43-32-41(28-29-45(43)52)50-53-46(34-16-6-3-7-17-34)33-47(54-50)39-24-14-22-37(30-39)38-23-15-25-40(31-38)51-56-48(35-18-8-4-9-19-35)55-49(57-51)36-20-10-5-11-21-36/h3-33H,1-2H3. The average Bonchev–Trinajstić information content (AvgIpc) is 3.52. The first-order chi connectivity index (χ1) is 28.0. The van der Waals surface area contributed by atoms with Crippen LogP contribution in [0, 0.1) is 0 Å². The molecule has 0 radical (unpaired) electrons. The molecule has 1 aliphatic carbocycles. The minimum Gasteiger partial charge on any atom is -0.228 e. The highest BCUT2D eigenvalue weighted by molar-refractivity contribution is 5.84. The third-order valence-corrected chi connectivity index (χ3v) is 10.9. The minimum absolute atomic E-state index is 0.0714. The Balaban J connectivity index is 1.06. The third-order valence-electron chi connectivity index (χ3n) is 10.9. The molecule has 1 aliphatic rings. The van der Waals surface area contributed by atoms with Crippen LogP contribution in [-0.2, 0) is 5.41 Å². The van der Waals surface area contributed by atoms with Gasteiger partial charge in [0, 0.05) is 38.8 Å². The monoisotopic (exact) mass is 731 g/mol. The summed E-state index contributed by atoms with van der Waals surface area (Å²) in [5, 5.41) is 0. The van der Waals surface area contributed by atoms with E-state index in [2.05, 4.69) is 135 Å². The van der Waals surface area contributed by atoms with Crippen molar-refractivity contribution in [1.82, 2.24) is 24.9 Å². The van der Waals surface area contributed by atoms with Gasteiger partial charge in [0.05, 0.1) is 11.4 Å². The van der Waals surface area contributed by atoms with Gasteiger partial charge in [-0.15, -0.1) is 0 Å². The number of fused-ring (bicyclic) bond motifs is 3. The molecule has 0 unspecified atom stereocenters. The molecular formula is C52H37N5. The minimum atomic E-state index is -0.0714. The summed E-state index contributed by atoms with van der Waals surface area (Å²) in [4.78, 5) is 25.3. The fourth-order valence-electron chi connectivity index (χ4n) is 7.97. The maximum absolute atomic E-state index is 5.26. The van der Waals surface area contributed by atoms with Crippen molar-refractivity contribution >= 4 is 0 Å². The normalized spacial score (nSPS) is 12.5. The van der Waals surface area contributed by atoms with Crippen LogP contribution in [0.4, 0.5) is 0 Å². The number of benzene rings is 7. The van der Waals surface area contributed by atoms with Crippen LogP contribution in [0.25, 0.3) is 90.3 Å². The van der Waals surface area contributed by atoms with Crippen LogP contribution < -0.4 is 0 Å². The van der Waals surface area contributed by atoms with Crippen molar-refractivity contribution in [2.75, 3.05) is 0 Å². The smallest absolute Gasteiger partial charge is 0.164 e. The van der Waals surface area contributed by atoms with E-state index in [4.69, 9.17) is 24.9 Å². The van der Waals surface area contributed by atoms with Gasteiger partial charge in [0.15, 0.2) is 23.3 Å². The molecule has 2 heterocycles. The van der Waals surface area contributed by atoms with E-state index in [1.807, 2.05) is 66.7 Å². The van der Waals surface area contributed by atoms with E-state index in [9.17, 15) is 0 Å². The number of hydrogen-bond donors (Lipinski definition) is 0. The lowest BCUT2D eigenvalue weighted by molar-refractivity contribution is 0.660. The Hall–Kier alpha value is -7.37. The van der Waals surface area contributed by atoms with Gasteiger partial charge < -0.3 is 0 Å². The lowest BCUT2D eigenvalue weighted by atomic mass is 9.82. The summed E-state index contributed by atoms with van der Waals surface area (Å²) >= 11 is 0. The second-order valence-corrected chi connectivity index (χ2v) is 15.0. The topological polar surface area (TPSA) is 64.5 Å². The van der Waals surface area contributed by atoms with Gasteiger partial charge in [0.25, 0.3) is 0 Å². The first-order valence-electron chi connectivity index (χ1n) is 19.3. The lowest BCUT2D eigenvalue weighted by Gasteiger charge is -2.21. The molecular weight excluding hydrogens is 695 g/mol. The molecule has 10 rings (SSSR count). The van der Waals surface area contributed by atoms with Crippen molar-refractivity contribution < 1.29 is 0 Å². The van der Waals surface area contributed by atoms with Gasteiger partial charge >= 0.3 is 0 Å². The van der Waals surface area contributed by atoms with Gasteiger partial charge in [-0.05, 0) is 57.6 Å². The summed E-state index contributed by atoms with van der Waals surface area (Å²) < 4.78 is 0. The number of nitrogens with zero attached hydrogens (tertiary/aromatic N) is 5. The van der Waals surface area contributed by atoms with E-state index in [1.54, 1.807) is 0 Å². The molecule has 5 heteroatoms. The second-order valence-electron chi connectivity index (χ2n) is 15.0. The molecule has 0 saturated carbocycles. The highest BCUT2D eigenvalue weighted by Crippen LogP contribution is 2.49. The van der Waals surface area contributed by atoms with Crippen LogP contribution in [-0.4, -0.2) is 24.9 Å². The summed E-state index contributed by atoms with van der Waals surface area (Å²) in [7, 11) is 0. The molecule has 0 saturated heterocycles. The summed E-state index contributed by atoms with van der Waals surface area (Å²) in [6.07, 6.45) is 0. The highest BCUT2D eigenvalue weighted by Gasteiger charge is 2.35. The number of rotatable bonds is 7. The Morgan fingerprint density at radius 2 is 0.702 bits per heavy atom. The van der Waals surface area contributed by atoms with E-state index in [0.717, 1.165) is 55.9 Å². The zero-order valence-electron chi connectivity index (χ0n) is 31.6. The van der Waals surface area contributed by atoms with Gasteiger partial charge in [-0.1, -0.05) is 178 Å². The van der Waals surface area contributed by atoms with Crippen molar-refractivity contribution in [1.29, 1.82) is 0 Å². The quantitative estimate of drug-likeness (QED) is 0.163. The second kappa shape index (κ2) is 14.0. The van der Waals surface area contributed by atoms with E-state index in [0.29, 0.717) is 23.3 Å². The van der Waals surface area contributed by atoms with Crippen molar-refractivity contribution in [3.63, 3.8) is 0 Å². The van der Waals surface area contributed by atoms with Crippen LogP contribution in [0.2, 0.25) is 0 Å². The van der Waals surface area contributed by atoms with Gasteiger partial charge in [0.2, 0.25) is 0 Å². The van der Waals surface area contributed by atoms with Gasteiger partial charge in [-0.25, -0.2) is 24.9 Å². The largest absolute Gasteiger partial charge is 0.228 e. The zero-order chi connectivity index (χ0) is 38.3. The highest BCUT2D eigenvalue weighted by atomic mass is 15.0. The molecule has 270 valence electrons. The predicted octanol–water partition coefficient (Wildman–Crippen LogP) is 12.6. The van der Waals surface area contributed by atoms with E-state index < -0.39 is 0 Å². The number of hydrogen-bond acceptors (Lipinski definition) is 5. The molecule has 57 heavy (non-hydrogen) atoms. The Morgan fingerprint density at radius 1 is 0.281 bits per heavy atom. The van der Waals surface area contributed by atoms with Crippen molar-refractivity contribution in [3.05, 3.63) is 199 Å². The maximum Gasteiger partial charge on any atom is 0.164 e. The van der Waals surface area contributed by atoms with Gasteiger partial charge in [-0.3, -0.25) is 0 Å². The molecule has 0 N–H and O–H groups in total. The predicted molar refractivity (Wildman–Crippen MR) is 231 cm³/mol. The van der Waals surface area contributed by atoms with Crippen LogP contribution >= 0.6 is 0 Å². The summed E-state index contributed by atoms with van der Waals surface area (Å²) in [5.74, 6) is 2.59. The van der Waals surface area contributed by atoms with E-state index >= 15 is 0 Å². The molecule has 0 aliphatic heterocycles. The Morgan fingerprint density at radius 3 is 1.33 bits per heavy atom. The Labute approximate surface area is 332 Å². The third kappa shape index (κ3) is 6.39. The first kappa shape index (κ1) is 34.1. The fourth-order valence-corrected chi connectivity index (χ4v) is 7.97. The zero-order valence-corrected chi connectivity index (χ0v) is 31.6. The lowest BCUT2D eigenvalue weighted by Crippen LogP contribution is -2.14. The summed E-state index contributed by atoms with van der Waals surface area (Å²) in [6, 6.07) is 65.0. The first-order valence-corrected chi connectivity index (χ1v) is 19.3. The molecule has 0 atom stereocenters. The van der Waals surface area contributed by atoms with Crippen LogP contribution in [0.1, 0.15) is 25.0 Å². The van der Waals surface area contributed by atoms with Crippen LogP contribution in [0.15, 0.2) is 188 Å². The Bertz CT molecular complexity index is 2860. The molecule has 0 fully saturated rings. The van der Waals surface area contributed by atoms with E-state index in [1.165, 1.54) is 22.3 Å².